The molecule has 116 valence electrons. The lowest BCUT2D eigenvalue weighted by molar-refractivity contribution is -0.163. The van der Waals surface area contributed by atoms with Crippen molar-refractivity contribution < 1.29 is 24.6 Å². The zero-order valence-corrected chi connectivity index (χ0v) is 12.3. The summed E-state index contributed by atoms with van der Waals surface area (Å²) in [5, 5.41) is 21.0. The van der Waals surface area contributed by atoms with E-state index in [1.165, 1.54) is 4.90 Å². The topological polar surface area (TPSA) is 90.3 Å². The van der Waals surface area contributed by atoms with Gasteiger partial charge < -0.3 is 15.1 Å². The molecule has 0 unspecified atom stereocenters. The number of carbonyl (C=O) groups is 2. The van der Waals surface area contributed by atoms with Crippen molar-refractivity contribution in [2.75, 3.05) is 13.6 Å². The van der Waals surface area contributed by atoms with Gasteiger partial charge in [0.1, 0.15) is 11.8 Å². The van der Waals surface area contributed by atoms with Gasteiger partial charge in [0.2, 0.25) is 5.91 Å². The van der Waals surface area contributed by atoms with E-state index in [-0.39, 0.29) is 29.7 Å². The van der Waals surface area contributed by atoms with E-state index in [2.05, 4.69) is 0 Å². The van der Waals surface area contributed by atoms with Gasteiger partial charge in [-0.05, 0) is 18.9 Å². The number of rotatable bonds is 3. The van der Waals surface area contributed by atoms with Gasteiger partial charge in [-0.25, -0.2) is 4.79 Å². The Morgan fingerprint density at radius 1 is 1.48 bits per heavy atom. The minimum absolute atomic E-state index is 0.0506. The van der Waals surface area contributed by atoms with Crippen molar-refractivity contribution in [2.45, 2.75) is 38.5 Å². The maximum Gasteiger partial charge on any atom is 0.352 e. The standard InChI is InChI=1S/C14H20N2O5/c1-6-9(8-4-5-15(3)21-8)12(14(19)20)16-11(6)10(7(2)17)13(16)18/h6-8,10-11,17H,4-5H2,1-3H3,(H,19,20)/t6-,7+,8-,10+,11+/m0/s1. The van der Waals surface area contributed by atoms with Gasteiger partial charge in [0.25, 0.3) is 0 Å². The highest BCUT2D eigenvalue weighted by Crippen LogP contribution is 2.49. The number of carboxylic acids is 1. The molecule has 0 bridgehead atoms. The quantitative estimate of drug-likeness (QED) is 0.702. The number of hydrogen-bond acceptors (Lipinski definition) is 5. The second-order valence-corrected chi connectivity index (χ2v) is 6.10. The first-order chi connectivity index (χ1) is 9.84. The van der Waals surface area contributed by atoms with E-state index in [9.17, 15) is 19.8 Å². The lowest BCUT2D eigenvalue weighted by Crippen LogP contribution is -2.63. The van der Waals surface area contributed by atoms with Crippen LogP contribution >= 0.6 is 0 Å². The number of amides is 1. The van der Waals surface area contributed by atoms with Crippen molar-refractivity contribution in [1.82, 2.24) is 9.96 Å². The zero-order chi connectivity index (χ0) is 15.5. The molecular formula is C14H20N2O5. The Kier molecular flexibility index (Phi) is 3.31. The second-order valence-electron chi connectivity index (χ2n) is 6.10. The normalized spacial score (nSPS) is 37.7. The average Bonchev–Trinajstić information content (AvgIpc) is 2.89. The first-order valence-electron chi connectivity index (χ1n) is 7.21. The van der Waals surface area contributed by atoms with Gasteiger partial charge >= 0.3 is 5.97 Å². The Balaban J connectivity index is 1.98. The molecule has 0 spiro atoms. The summed E-state index contributed by atoms with van der Waals surface area (Å²) >= 11 is 0. The number of aliphatic hydroxyl groups excluding tert-OH is 1. The molecule has 2 N–H and O–H groups in total. The molecule has 7 nitrogen and oxygen atoms in total. The molecule has 21 heavy (non-hydrogen) atoms. The molecule has 5 atom stereocenters. The fourth-order valence-electron chi connectivity index (χ4n) is 3.86. The highest BCUT2D eigenvalue weighted by molar-refractivity contribution is 6.00. The van der Waals surface area contributed by atoms with E-state index in [0.29, 0.717) is 12.0 Å². The van der Waals surface area contributed by atoms with E-state index >= 15 is 0 Å². The van der Waals surface area contributed by atoms with Crippen LogP contribution in [0.4, 0.5) is 0 Å². The number of hydrogen-bond donors (Lipinski definition) is 2. The van der Waals surface area contributed by atoms with E-state index < -0.39 is 18.0 Å². The molecule has 3 aliphatic rings. The van der Waals surface area contributed by atoms with Gasteiger partial charge in [-0.1, -0.05) is 6.92 Å². The third-order valence-electron chi connectivity index (χ3n) is 4.79. The maximum absolute atomic E-state index is 12.2. The smallest absolute Gasteiger partial charge is 0.352 e. The van der Waals surface area contributed by atoms with Gasteiger partial charge in [-0.2, -0.15) is 5.06 Å². The van der Waals surface area contributed by atoms with Crippen molar-refractivity contribution in [3.8, 4) is 0 Å². The van der Waals surface area contributed by atoms with Crippen LogP contribution in [0, 0.1) is 11.8 Å². The molecule has 2 fully saturated rings. The Labute approximate surface area is 122 Å². The van der Waals surface area contributed by atoms with Crippen LogP contribution in [0.25, 0.3) is 0 Å². The molecule has 0 aromatic carbocycles. The van der Waals surface area contributed by atoms with Crippen LogP contribution in [-0.4, -0.2) is 63.9 Å². The second kappa shape index (κ2) is 4.79. The molecule has 0 aromatic rings. The molecule has 2 saturated heterocycles. The van der Waals surface area contributed by atoms with Crippen LogP contribution in [0.2, 0.25) is 0 Å². The highest BCUT2D eigenvalue weighted by Gasteiger charge is 2.61. The van der Waals surface area contributed by atoms with Crippen molar-refractivity contribution in [1.29, 1.82) is 0 Å². The van der Waals surface area contributed by atoms with Crippen molar-refractivity contribution in [3.05, 3.63) is 11.3 Å². The van der Waals surface area contributed by atoms with E-state index in [0.717, 1.165) is 6.54 Å². The monoisotopic (exact) mass is 296 g/mol. The molecule has 3 rings (SSSR count). The van der Waals surface area contributed by atoms with E-state index in [1.807, 2.05) is 6.92 Å². The molecule has 3 aliphatic heterocycles. The summed E-state index contributed by atoms with van der Waals surface area (Å²) in [6.07, 6.45) is -0.368. The van der Waals surface area contributed by atoms with Gasteiger partial charge in [-0.3, -0.25) is 9.63 Å². The van der Waals surface area contributed by atoms with Crippen LogP contribution in [-0.2, 0) is 14.4 Å². The minimum Gasteiger partial charge on any atom is -0.477 e. The number of β-lactam (4-membered cyclic amide) rings is 1. The largest absolute Gasteiger partial charge is 0.477 e. The third kappa shape index (κ3) is 1.91. The van der Waals surface area contributed by atoms with Crippen molar-refractivity contribution in [2.24, 2.45) is 11.8 Å². The lowest BCUT2D eigenvalue weighted by Gasteiger charge is -2.46. The van der Waals surface area contributed by atoms with E-state index in [4.69, 9.17) is 4.84 Å². The van der Waals surface area contributed by atoms with E-state index in [1.54, 1.807) is 19.0 Å². The zero-order valence-electron chi connectivity index (χ0n) is 12.3. The summed E-state index contributed by atoms with van der Waals surface area (Å²) in [5.74, 6) is -2.05. The van der Waals surface area contributed by atoms with Crippen LogP contribution in [0.15, 0.2) is 11.3 Å². The maximum atomic E-state index is 12.2. The summed E-state index contributed by atoms with van der Waals surface area (Å²) in [6.45, 7) is 4.21. The molecule has 0 saturated carbocycles. The first-order valence-corrected chi connectivity index (χ1v) is 7.21. The fraction of sp³-hybridized carbons (Fsp3) is 0.714. The summed E-state index contributed by atoms with van der Waals surface area (Å²) in [7, 11) is 1.80. The number of fused-ring (bicyclic) bond motifs is 1. The number of aliphatic carboxylic acids is 1. The predicted octanol–water partition coefficient (Wildman–Crippen LogP) is -0.182. The molecule has 7 heteroatoms. The Bertz CT molecular complexity index is 529. The first kappa shape index (κ1) is 14.5. The Hall–Kier alpha value is -1.44. The van der Waals surface area contributed by atoms with Gasteiger partial charge in [-0.15, -0.1) is 0 Å². The molecule has 0 aromatic heterocycles. The van der Waals surface area contributed by atoms with Crippen LogP contribution in [0.5, 0.6) is 0 Å². The molecule has 0 aliphatic carbocycles. The summed E-state index contributed by atoms with van der Waals surface area (Å²) in [5.41, 5.74) is 0.725. The highest BCUT2D eigenvalue weighted by atomic mass is 16.7. The van der Waals surface area contributed by atoms with Gasteiger partial charge in [0.05, 0.1) is 18.1 Å². The predicted molar refractivity (Wildman–Crippen MR) is 71.8 cm³/mol. The van der Waals surface area contributed by atoms with Crippen molar-refractivity contribution >= 4 is 11.9 Å². The summed E-state index contributed by atoms with van der Waals surface area (Å²) < 4.78 is 0. The number of nitrogens with zero attached hydrogens (tertiary/aromatic N) is 2. The van der Waals surface area contributed by atoms with Crippen LogP contribution < -0.4 is 0 Å². The minimum atomic E-state index is -1.10. The third-order valence-corrected chi connectivity index (χ3v) is 4.79. The average molecular weight is 296 g/mol. The van der Waals surface area contributed by atoms with Crippen LogP contribution in [0.3, 0.4) is 0 Å². The fourth-order valence-corrected chi connectivity index (χ4v) is 3.86. The Morgan fingerprint density at radius 2 is 2.14 bits per heavy atom. The number of carbonyl (C=O) groups excluding carboxylic acids is 1. The van der Waals surface area contributed by atoms with Crippen LogP contribution in [0.1, 0.15) is 20.3 Å². The molecular weight excluding hydrogens is 276 g/mol. The van der Waals surface area contributed by atoms with Gasteiger partial charge in [0, 0.05) is 19.5 Å². The molecule has 1 amide bonds. The van der Waals surface area contributed by atoms with Crippen molar-refractivity contribution in [3.63, 3.8) is 0 Å². The SMILES string of the molecule is C[C@@H](O)[C@H]1C(=O)N2C(C(=O)O)=C([C@@H]3CCN(C)O3)[C@H](C)[C@H]12. The number of hydroxylamine groups is 2. The number of carboxylic acid groups (broad SMARTS) is 1. The number of aliphatic hydroxyl groups is 1. The molecule has 3 heterocycles. The summed E-state index contributed by atoms with van der Waals surface area (Å²) in [6, 6.07) is -0.270. The lowest BCUT2D eigenvalue weighted by atomic mass is 9.77. The molecule has 0 radical (unpaired) electrons. The Morgan fingerprint density at radius 3 is 2.62 bits per heavy atom. The van der Waals surface area contributed by atoms with Gasteiger partial charge in [0.15, 0.2) is 0 Å². The summed E-state index contributed by atoms with van der Waals surface area (Å²) in [4.78, 5) is 30.8.